The van der Waals surface area contributed by atoms with Gasteiger partial charge in [-0.1, -0.05) is 13.8 Å². The quantitative estimate of drug-likeness (QED) is 0.847. The first-order chi connectivity index (χ1) is 13.0. The topological polar surface area (TPSA) is 66.3 Å². The maximum Gasteiger partial charge on any atom is 0.322 e. The number of piperidine rings is 1. The molecule has 2 aromatic heterocycles. The first-order valence-corrected chi connectivity index (χ1v) is 9.72. The van der Waals surface area contributed by atoms with Gasteiger partial charge in [-0.2, -0.15) is 5.10 Å². The lowest BCUT2D eigenvalue weighted by molar-refractivity contribution is 0.208. The summed E-state index contributed by atoms with van der Waals surface area (Å²) in [7, 11) is 1.87. The van der Waals surface area contributed by atoms with Crippen LogP contribution in [-0.4, -0.2) is 52.4 Å². The Kier molecular flexibility index (Phi) is 6.32. The molecule has 1 N–H and O–H groups in total. The highest BCUT2D eigenvalue weighted by molar-refractivity contribution is 5.88. The van der Waals surface area contributed by atoms with Crippen LogP contribution in [-0.2, 0) is 6.54 Å². The number of anilines is 2. The Balaban J connectivity index is 1.47. The molecule has 2 amide bonds. The van der Waals surface area contributed by atoms with Crippen molar-refractivity contribution in [1.82, 2.24) is 19.7 Å². The zero-order chi connectivity index (χ0) is 19.2. The molecule has 0 saturated carbocycles. The number of aromatic nitrogens is 3. The smallest absolute Gasteiger partial charge is 0.322 e. The molecular formula is C20H30N6O. The number of carbonyl (C=O) groups is 1. The van der Waals surface area contributed by atoms with Crippen LogP contribution in [0.15, 0.2) is 36.8 Å². The van der Waals surface area contributed by atoms with Crippen LogP contribution in [0.25, 0.3) is 0 Å². The highest BCUT2D eigenvalue weighted by Gasteiger charge is 2.22. The van der Waals surface area contributed by atoms with Crippen molar-refractivity contribution < 1.29 is 4.79 Å². The summed E-state index contributed by atoms with van der Waals surface area (Å²) in [4.78, 5) is 20.8. The molecule has 1 aliphatic rings. The number of pyridine rings is 1. The predicted molar refractivity (Wildman–Crippen MR) is 108 cm³/mol. The summed E-state index contributed by atoms with van der Waals surface area (Å²) in [5.74, 6) is 1.76. The molecule has 146 valence electrons. The van der Waals surface area contributed by atoms with Crippen molar-refractivity contribution in [2.45, 2.75) is 33.2 Å². The van der Waals surface area contributed by atoms with Crippen molar-refractivity contribution in [2.75, 3.05) is 36.9 Å². The van der Waals surface area contributed by atoms with Gasteiger partial charge in [-0.15, -0.1) is 0 Å². The van der Waals surface area contributed by atoms with Gasteiger partial charge in [0.1, 0.15) is 5.82 Å². The molecule has 0 radical (unpaired) electrons. The monoisotopic (exact) mass is 370 g/mol. The molecule has 3 heterocycles. The van der Waals surface area contributed by atoms with Crippen LogP contribution in [0.4, 0.5) is 16.3 Å². The molecule has 0 bridgehead atoms. The zero-order valence-electron chi connectivity index (χ0n) is 16.5. The Labute approximate surface area is 161 Å². The molecule has 3 rings (SSSR count). The van der Waals surface area contributed by atoms with Crippen molar-refractivity contribution in [2.24, 2.45) is 11.8 Å². The zero-order valence-corrected chi connectivity index (χ0v) is 16.5. The van der Waals surface area contributed by atoms with Crippen LogP contribution in [0.2, 0.25) is 0 Å². The summed E-state index contributed by atoms with van der Waals surface area (Å²) in [5.41, 5.74) is 1.23. The fraction of sp³-hybridized carbons (Fsp3) is 0.550. The molecule has 0 spiro atoms. The third kappa shape index (κ3) is 5.21. The lowest BCUT2D eigenvalue weighted by atomic mass is 9.96. The molecule has 7 nitrogen and oxygen atoms in total. The number of urea groups is 1. The van der Waals surface area contributed by atoms with E-state index in [0.717, 1.165) is 44.8 Å². The Bertz CT molecular complexity index is 721. The van der Waals surface area contributed by atoms with Gasteiger partial charge in [-0.25, -0.2) is 9.48 Å². The largest absolute Gasteiger partial charge is 0.371 e. The van der Waals surface area contributed by atoms with Gasteiger partial charge in [-0.05, 0) is 36.8 Å². The molecule has 0 unspecified atom stereocenters. The Morgan fingerprint density at radius 1 is 1.22 bits per heavy atom. The van der Waals surface area contributed by atoms with E-state index >= 15 is 0 Å². The first-order valence-electron chi connectivity index (χ1n) is 9.72. The minimum Gasteiger partial charge on any atom is -0.371 e. The van der Waals surface area contributed by atoms with Crippen LogP contribution in [0, 0.1) is 11.8 Å². The number of amides is 2. The third-order valence-corrected chi connectivity index (χ3v) is 5.01. The maximum absolute atomic E-state index is 12.6. The summed E-state index contributed by atoms with van der Waals surface area (Å²) in [6.45, 7) is 7.88. The number of hydrogen-bond donors (Lipinski definition) is 1. The Hall–Kier alpha value is -2.57. The van der Waals surface area contributed by atoms with E-state index in [1.807, 2.05) is 30.2 Å². The third-order valence-electron chi connectivity index (χ3n) is 5.01. The van der Waals surface area contributed by atoms with Gasteiger partial charge < -0.3 is 9.80 Å². The van der Waals surface area contributed by atoms with E-state index in [0.29, 0.717) is 11.8 Å². The number of rotatable bonds is 6. The molecule has 1 fully saturated rings. The van der Waals surface area contributed by atoms with Crippen molar-refractivity contribution in [3.8, 4) is 0 Å². The summed E-state index contributed by atoms with van der Waals surface area (Å²) in [6.07, 6.45) is 7.58. The second kappa shape index (κ2) is 8.88. The van der Waals surface area contributed by atoms with E-state index in [-0.39, 0.29) is 6.03 Å². The molecular weight excluding hydrogens is 340 g/mol. The van der Waals surface area contributed by atoms with Gasteiger partial charge in [0.2, 0.25) is 0 Å². The molecule has 0 aliphatic carbocycles. The normalized spacial score (nSPS) is 15.2. The molecule has 27 heavy (non-hydrogen) atoms. The van der Waals surface area contributed by atoms with E-state index < -0.39 is 0 Å². The fourth-order valence-corrected chi connectivity index (χ4v) is 3.53. The van der Waals surface area contributed by atoms with Crippen LogP contribution in [0.1, 0.15) is 26.7 Å². The minimum atomic E-state index is -0.0722. The van der Waals surface area contributed by atoms with E-state index in [4.69, 9.17) is 0 Å². The molecule has 1 saturated heterocycles. The number of nitrogens with zero attached hydrogens (tertiary/aromatic N) is 5. The van der Waals surface area contributed by atoms with E-state index in [1.54, 1.807) is 11.1 Å². The van der Waals surface area contributed by atoms with Gasteiger partial charge in [-0.3, -0.25) is 10.3 Å². The van der Waals surface area contributed by atoms with Crippen LogP contribution < -0.4 is 10.2 Å². The van der Waals surface area contributed by atoms with Crippen LogP contribution in [0.3, 0.4) is 0 Å². The number of carbonyl (C=O) groups excluding carboxylic acids is 1. The molecule has 1 aliphatic heterocycles. The van der Waals surface area contributed by atoms with Crippen molar-refractivity contribution in [3.63, 3.8) is 0 Å². The highest BCUT2D eigenvalue weighted by atomic mass is 16.2. The highest BCUT2D eigenvalue weighted by Crippen LogP contribution is 2.23. The Morgan fingerprint density at radius 3 is 2.59 bits per heavy atom. The van der Waals surface area contributed by atoms with Crippen LogP contribution in [0.5, 0.6) is 0 Å². The summed E-state index contributed by atoms with van der Waals surface area (Å²) in [6, 6.07) is 5.89. The second-order valence-electron chi connectivity index (χ2n) is 7.74. The van der Waals surface area contributed by atoms with Gasteiger partial charge in [0.25, 0.3) is 0 Å². The van der Waals surface area contributed by atoms with Gasteiger partial charge in [0.15, 0.2) is 0 Å². The van der Waals surface area contributed by atoms with Gasteiger partial charge in [0.05, 0.1) is 6.20 Å². The SMILES string of the molecule is CC(C)Cn1nccc1NC(=O)N(C)CC1CCN(c2ccncc2)CC1. The average Bonchev–Trinajstić information content (AvgIpc) is 3.09. The average molecular weight is 371 g/mol. The molecule has 7 heteroatoms. The van der Waals surface area contributed by atoms with E-state index in [9.17, 15) is 4.79 Å². The molecule has 2 aromatic rings. The number of hydrogen-bond acceptors (Lipinski definition) is 4. The molecule has 0 aromatic carbocycles. The summed E-state index contributed by atoms with van der Waals surface area (Å²) in [5, 5.41) is 7.28. The molecule has 0 atom stereocenters. The summed E-state index contributed by atoms with van der Waals surface area (Å²) < 4.78 is 1.85. The van der Waals surface area contributed by atoms with Crippen LogP contribution >= 0.6 is 0 Å². The Morgan fingerprint density at radius 2 is 1.93 bits per heavy atom. The van der Waals surface area contributed by atoms with Crippen molar-refractivity contribution in [1.29, 1.82) is 0 Å². The van der Waals surface area contributed by atoms with E-state index in [1.165, 1.54) is 5.69 Å². The lowest BCUT2D eigenvalue weighted by Gasteiger charge is -2.35. The second-order valence-corrected chi connectivity index (χ2v) is 7.74. The predicted octanol–water partition coefficient (Wildman–Crippen LogP) is 3.31. The first kappa shape index (κ1) is 19.2. The van der Waals surface area contributed by atoms with Gasteiger partial charge in [0, 0.05) is 57.4 Å². The van der Waals surface area contributed by atoms with Crippen molar-refractivity contribution in [3.05, 3.63) is 36.8 Å². The number of nitrogens with one attached hydrogen (secondary N) is 1. The fourth-order valence-electron chi connectivity index (χ4n) is 3.53. The van der Waals surface area contributed by atoms with Gasteiger partial charge >= 0.3 is 6.03 Å². The van der Waals surface area contributed by atoms with E-state index in [2.05, 4.69) is 46.3 Å². The van der Waals surface area contributed by atoms with Crippen molar-refractivity contribution >= 4 is 17.5 Å². The summed E-state index contributed by atoms with van der Waals surface area (Å²) >= 11 is 0. The lowest BCUT2D eigenvalue weighted by Crippen LogP contribution is -2.41. The minimum absolute atomic E-state index is 0.0722. The maximum atomic E-state index is 12.6. The standard InChI is InChI=1S/C20H30N6O/c1-16(2)14-26-19(6-11-22-26)23-20(27)24(3)15-17-7-12-25(13-8-17)18-4-9-21-10-5-18/h4-6,9-11,16-17H,7-8,12-15H2,1-3H3,(H,23,27).